The van der Waals surface area contributed by atoms with Gasteiger partial charge in [0.15, 0.2) is 0 Å². The van der Waals surface area contributed by atoms with Crippen molar-refractivity contribution in [1.29, 1.82) is 0 Å². The van der Waals surface area contributed by atoms with Gasteiger partial charge >= 0.3 is 0 Å². The van der Waals surface area contributed by atoms with E-state index in [0.717, 1.165) is 37.3 Å². The third kappa shape index (κ3) is 3.72. The zero-order valence-corrected chi connectivity index (χ0v) is 12.5. The first kappa shape index (κ1) is 15.3. The number of halogens is 1. The number of aliphatic hydroxyl groups excluding tert-OH is 1. The van der Waals surface area contributed by atoms with Gasteiger partial charge < -0.3 is 10.4 Å². The first-order valence-electron chi connectivity index (χ1n) is 7.69. The van der Waals surface area contributed by atoms with E-state index in [1.54, 1.807) is 6.07 Å². The van der Waals surface area contributed by atoms with Crippen molar-refractivity contribution in [2.75, 3.05) is 11.9 Å². The Bertz CT molecular complexity index is 435. The maximum atomic E-state index is 13.3. The van der Waals surface area contributed by atoms with Gasteiger partial charge in [0.1, 0.15) is 5.82 Å². The lowest BCUT2D eigenvalue weighted by Gasteiger charge is -2.33. The van der Waals surface area contributed by atoms with E-state index < -0.39 is 0 Å². The van der Waals surface area contributed by atoms with Crippen LogP contribution in [0.15, 0.2) is 24.3 Å². The van der Waals surface area contributed by atoms with Crippen molar-refractivity contribution in [2.24, 2.45) is 11.8 Å². The first-order valence-corrected chi connectivity index (χ1v) is 7.69. The minimum Gasteiger partial charge on any atom is -0.394 e. The summed E-state index contributed by atoms with van der Waals surface area (Å²) in [5.74, 6) is 1.19. The Hall–Kier alpha value is -1.09. The van der Waals surface area contributed by atoms with Gasteiger partial charge in [-0.1, -0.05) is 32.8 Å². The molecule has 3 heteroatoms. The fourth-order valence-corrected chi connectivity index (χ4v) is 3.30. The van der Waals surface area contributed by atoms with Gasteiger partial charge in [-0.2, -0.15) is 0 Å². The second-order valence-corrected chi connectivity index (χ2v) is 6.51. The number of nitrogens with one attached hydrogen (secondary N) is 1. The molecule has 0 heterocycles. The smallest absolute Gasteiger partial charge is 0.125 e. The molecule has 1 aromatic carbocycles. The zero-order chi connectivity index (χ0) is 14.6. The number of hydrogen-bond acceptors (Lipinski definition) is 2. The molecule has 2 atom stereocenters. The standard InChI is InChI=1S/C17H26FNO/c1-13(2)14-5-4-9-17(12-20,10-8-14)19-16-7-3-6-15(18)11-16/h3,6-7,11,13-14,19-20H,4-5,8-10,12H2,1-2H3. The Balaban J connectivity index is 2.09. The van der Waals surface area contributed by atoms with Crippen molar-refractivity contribution < 1.29 is 9.50 Å². The Labute approximate surface area is 121 Å². The predicted molar refractivity (Wildman–Crippen MR) is 81.3 cm³/mol. The Morgan fingerprint density at radius 2 is 2.15 bits per heavy atom. The minimum atomic E-state index is -0.294. The van der Waals surface area contributed by atoms with Crippen molar-refractivity contribution >= 4 is 5.69 Å². The summed E-state index contributed by atoms with van der Waals surface area (Å²) >= 11 is 0. The number of hydrogen-bond donors (Lipinski definition) is 2. The van der Waals surface area contributed by atoms with Crippen molar-refractivity contribution in [2.45, 2.75) is 51.5 Å². The van der Waals surface area contributed by atoms with Crippen LogP contribution in [0.3, 0.4) is 0 Å². The molecule has 2 rings (SSSR count). The van der Waals surface area contributed by atoms with E-state index in [9.17, 15) is 9.50 Å². The van der Waals surface area contributed by atoms with Gasteiger partial charge in [0.2, 0.25) is 0 Å². The van der Waals surface area contributed by atoms with Gasteiger partial charge in [-0.3, -0.25) is 0 Å². The molecule has 0 aromatic heterocycles. The molecule has 2 N–H and O–H groups in total. The van der Waals surface area contributed by atoms with E-state index in [2.05, 4.69) is 19.2 Å². The summed E-state index contributed by atoms with van der Waals surface area (Å²) in [6.07, 6.45) is 5.36. The van der Waals surface area contributed by atoms with Crippen LogP contribution in [0.4, 0.5) is 10.1 Å². The molecule has 0 aliphatic heterocycles. The monoisotopic (exact) mass is 279 g/mol. The number of rotatable bonds is 4. The summed E-state index contributed by atoms with van der Waals surface area (Å²) in [5, 5.41) is 13.3. The zero-order valence-electron chi connectivity index (χ0n) is 12.5. The van der Waals surface area contributed by atoms with Gasteiger partial charge in [0.05, 0.1) is 12.1 Å². The van der Waals surface area contributed by atoms with Crippen LogP contribution in [-0.2, 0) is 0 Å². The summed E-state index contributed by atoms with van der Waals surface area (Å²) in [6.45, 7) is 4.65. The topological polar surface area (TPSA) is 32.3 Å². The Morgan fingerprint density at radius 3 is 2.80 bits per heavy atom. The van der Waals surface area contributed by atoms with E-state index in [-0.39, 0.29) is 18.0 Å². The predicted octanol–water partition coefficient (Wildman–Crippen LogP) is 4.21. The summed E-state index contributed by atoms with van der Waals surface area (Å²) in [6, 6.07) is 6.52. The number of anilines is 1. The average Bonchev–Trinajstić information content (AvgIpc) is 2.62. The summed E-state index contributed by atoms with van der Waals surface area (Å²) < 4.78 is 13.3. The van der Waals surface area contributed by atoms with Crippen LogP contribution in [0, 0.1) is 17.7 Å². The van der Waals surface area contributed by atoms with Gasteiger partial charge in [-0.05, 0) is 49.3 Å². The summed E-state index contributed by atoms with van der Waals surface area (Å²) in [5.41, 5.74) is 0.472. The molecule has 0 spiro atoms. The maximum absolute atomic E-state index is 13.3. The molecule has 1 aromatic rings. The van der Waals surface area contributed by atoms with Crippen LogP contribution in [0.2, 0.25) is 0 Å². The first-order chi connectivity index (χ1) is 9.54. The summed E-state index contributed by atoms with van der Waals surface area (Å²) in [4.78, 5) is 0. The van der Waals surface area contributed by atoms with Gasteiger partial charge in [0, 0.05) is 5.69 Å². The van der Waals surface area contributed by atoms with E-state index in [4.69, 9.17) is 0 Å². The Morgan fingerprint density at radius 1 is 1.35 bits per heavy atom. The van der Waals surface area contributed by atoms with E-state index in [1.165, 1.54) is 18.6 Å². The van der Waals surface area contributed by atoms with E-state index in [0.29, 0.717) is 5.92 Å². The Kier molecular flexibility index (Phi) is 5.03. The second kappa shape index (κ2) is 6.57. The highest BCUT2D eigenvalue weighted by Crippen LogP contribution is 2.35. The lowest BCUT2D eigenvalue weighted by atomic mass is 9.86. The molecule has 0 bridgehead atoms. The van der Waals surface area contributed by atoms with Crippen LogP contribution >= 0.6 is 0 Å². The largest absolute Gasteiger partial charge is 0.394 e. The van der Waals surface area contributed by atoms with Crippen molar-refractivity contribution in [1.82, 2.24) is 0 Å². The highest BCUT2D eigenvalue weighted by atomic mass is 19.1. The summed E-state index contributed by atoms with van der Waals surface area (Å²) in [7, 11) is 0. The van der Waals surface area contributed by atoms with Gasteiger partial charge in [-0.15, -0.1) is 0 Å². The van der Waals surface area contributed by atoms with E-state index >= 15 is 0 Å². The number of aliphatic hydroxyl groups is 1. The van der Waals surface area contributed by atoms with Crippen LogP contribution in [0.1, 0.15) is 46.0 Å². The molecule has 2 nitrogen and oxygen atoms in total. The molecule has 1 saturated carbocycles. The normalized spacial score (nSPS) is 27.4. The maximum Gasteiger partial charge on any atom is 0.125 e. The number of benzene rings is 1. The fraction of sp³-hybridized carbons (Fsp3) is 0.647. The van der Waals surface area contributed by atoms with Crippen molar-refractivity contribution in [3.63, 3.8) is 0 Å². The molecule has 1 fully saturated rings. The fourth-order valence-electron chi connectivity index (χ4n) is 3.30. The molecule has 0 amide bonds. The lowest BCUT2D eigenvalue weighted by molar-refractivity contribution is 0.193. The van der Waals surface area contributed by atoms with Crippen LogP contribution in [-0.4, -0.2) is 17.3 Å². The lowest BCUT2D eigenvalue weighted by Crippen LogP contribution is -2.41. The van der Waals surface area contributed by atoms with Crippen LogP contribution < -0.4 is 5.32 Å². The van der Waals surface area contributed by atoms with Crippen LogP contribution in [0.25, 0.3) is 0 Å². The van der Waals surface area contributed by atoms with Gasteiger partial charge in [-0.25, -0.2) is 4.39 Å². The molecule has 0 saturated heterocycles. The molecular formula is C17H26FNO. The van der Waals surface area contributed by atoms with Crippen molar-refractivity contribution in [3.05, 3.63) is 30.1 Å². The molecule has 0 radical (unpaired) electrons. The highest BCUT2D eigenvalue weighted by molar-refractivity contribution is 5.45. The average molecular weight is 279 g/mol. The minimum absolute atomic E-state index is 0.105. The molecule has 20 heavy (non-hydrogen) atoms. The van der Waals surface area contributed by atoms with Crippen molar-refractivity contribution in [3.8, 4) is 0 Å². The molecule has 1 aliphatic rings. The molecule has 2 unspecified atom stereocenters. The third-order valence-electron chi connectivity index (χ3n) is 4.70. The third-order valence-corrected chi connectivity index (χ3v) is 4.70. The highest BCUT2D eigenvalue weighted by Gasteiger charge is 2.33. The molecular weight excluding hydrogens is 253 g/mol. The van der Waals surface area contributed by atoms with E-state index in [1.807, 2.05) is 6.07 Å². The van der Waals surface area contributed by atoms with Gasteiger partial charge in [0.25, 0.3) is 0 Å². The second-order valence-electron chi connectivity index (χ2n) is 6.51. The quantitative estimate of drug-likeness (QED) is 0.809. The SMILES string of the molecule is CC(C)C1CCCC(CO)(Nc2cccc(F)c2)CC1. The van der Waals surface area contributed by atoms with Crippen LogP contribution in [0.5, 0.6) is 0 Å². The molecule has 1 aliphatic carbocycles. The molecule has 112 valence electrons.